The first kappa shape index (κ1) is 11.4. The summed E-state index contributed by atoms with van der Waals surface area (Å²) in [7, 11) is 1.54. The van der Waals surface area contributed by atoms with Gasteiger partial charge in [0.15, 0.2) is 0 Å². The molecule has 0 bridgehead atoms. The van der Waals surface area contributed by atoms with Gasteiger partial charge in [0.05, 0.1) is 23.3 Å². The minimum absolute atomic E-state index is 0.525. The topological polar surface area (TPSA) is 42.4 Å². The molecule has 0 saturated heterocycles. The van der Waals surface area contributed by atoms with Gasteiger partial charge < -0.3 is 9.84 Å². The van der Waals surface area contributed by atoms with Gasteiger partial charge in [0.2, 0.25) is 0 Å². The number of methoxy groups -OCH3 is 1. The van der Waals surface area contributed by atoms with E-state index >= 15 is 0 Å². The summed E-state index contributed by atoms with van der Waals surface area (Å²) in [4.78, 5) is 4.07. The van der Waals surface area contributed by atoms with Crippen LogP contribution in [-0.4, -0.2) is 17.2 Å². The van der Waals surface area contributed by atoms with Gasteiger partial charge in [-0.05, 0) is 17.7 Å². The van der Waals surface area contributed by atoms with E-state index in [2.05, 4.69) is 4.98 Å². The summed E-state index contributed by atoms with van der Waals surface area (Å²) in [5.74, 6) is 0.549. The van der Waals surface area contributed by atoms with Crippen molar-refractivity contribution in [1.29, 1.82) is 0 Å². The predicted octanol–water partition coefficient (Wildman–Crippen LogP) is 2.89. The van der Waals surface area contributed by atoms with Crippen LogP contribution in [0, 0.1) is 0 Å². The number of aromatic nitrogens is 1. The Hall–Kier alpha value is -1.10. The number of hydrogen-bond acceptors (Lipinski definition) is 4. The molecule has 0 spiro atoms. The van der Waals surface area contributed by atoms with Crippen molar-refractivity contribution in [2.75, 3.05) is 7.11 Å². The average molecular weight is 256 g/mol. The zero-order valence-electron chi connectivity index (χ0n) is 8.55. The van der Waals surface area contributed by atoms with Crippen molar-refractivity contribution in [2.45, 2.75) is 6.10 Å². The molecule has 16 heavy (non-hydrogen) atoms. The lowest BCUT2D eigenvalue weighted by atomic mass is 10.1. The Labute approximate surface area is 102 Å². The molecular formula is C11H10ClNO2S. The highest BCUT2D eigenvalue weighted by Crippen LogP contribution is 2.30. The SMILES string of the molecule is COc1cc(C(O)c2cscn2)ccc1Cl. The normalized spacial score (nSPS) is 12.4. The van der Waals surface area contributed by atoms with Gasteiger partial charge >= 0.3 is 0 Å². The molecule has 1 heterocycles. The van der Waals surface area contributed by atoms with E-state index in [1.165, 1.54) is 11.3 Å². The summed E-state index contributed by atoms with van der Waals surface area (Å²) in [5, 5.41) is 12.4. The molecule has 1 unspecified atom stereocenters. The fourth-order valence-corrected chi connectivity index (χ4v) is 2.14. The molecule has 2 aromatic rings. The van der Waals surface area contributed by atoms with E-state index in [1.807, 2.05) is 5.38 Å². The number of thiazole rings is 1. The van der Waals surface area contributed by atoms with E-state index in [9.17, 15) is 5.11 Å². The average Bonchev–Trinajstić information content (AvgIpc) is 2.82. The number of halogens is 1. The molecule has 0 aliphatic rings. The van der Waals surface area contributed by atoms with Crippen LogP contribution in [0.15, 0.2) is 29.1 Å². The second-order valence-electron chi connectivity index (χ2n) is 3.21. The number of rotatable bonds is 3. The van der Waals surface area contributed by atoms with Crippen LogP contribution in [-0.2, 0) is 0 Å². The van der Waals surface area contributed by atoms with E-state index in [0.29, 0.717) is 22.0 Å². The van der Waals surface area contributed by atoms with Gasteiger partial charge in [0.1, 0.15) is 11.9 Å². The fourth-order valence-electron chi connectivity index (χ4n) is 1.37. The summed E-state index contributed by atoms with van der Waals surface area (Å²) in [6.45, 7) is 0. The molecule has 0 aliphatic heterocycles. The number of ether oxygens (including phenoxy) is 1. The highest BCUT2D eigenvalue weighted by Gasteiger charge is 2.14. The minimum atomic E-state index is -0.739. The van der Waals surface area contributed by atoms with Gasteiger partial charge in [0.25, 0.3) is 0 Å². The zero-order valence-corrected chi connectivity index (χ0v) is 10.1. The Bertz CT molecular complexity index is 473. The number of aliphatic hydroxyl groups excluding tert-OH is 1. The molecule has 3 nitrogen and oxygen atoms in total. The van der Waals surface area contributed by atoms with Crippen LogP contribution < -0.4 is 4.74 Å². The van der Waals surface area contributed by atoms with Crippen LogP contribution in [0.4, 0.5) is 0 Å². The molecule has 1 N–H and O–H groups in total. The number of hydrogen-bond donors (Lipinski definition) is 1. The third-order valence-corrected chi connectivity index (χ3v) is 3.14. The lowest BCUT2D eigenvalue weighted by molar-refractivity contribution is 0.215. The smallest absolute Gasteiger partial charge is 0.137 e. The Kier molecular flexibility index (Phi) is 3.43. The van der Waals surface area contributed by atoms with Crippen molar-refractivity contribution >= 4 is 22.9 Å². The summed E-state index contributed by atoms with van der Waals surface area (Å²) >= 11 is 7.35. The van der Waals surface area contributed by atoms with Crippen LogP contribution in [0.1, 0.15) is 17.4 Å². The maximum Gasteiger partial charge on any atom is 0.137 e. The predicted molar refractivity (Wildman–Crippen MR) is 64.2 cm³/mol. The van der Waals surface area contributed by atoms with Crippen LogP contribution in [0.5, 0.6) is 5.75 Å². The summed E-state index contributed by atoms with van der Waals surface area (Å²) in [6, 6.07) is 5.17. The van der Waals surface area contributed by atoms with Gasteiger partial charge in [-0.3, -0.25) is 0 Å². The molecule has 1 aromatic heterocycles. The molecule has 0 fully saturated rings. The standard InChI is InChI=1S/C11H10ClNO2S/c1-15-10-4-7(2-3-8(10)12)11(14)9-5-16-6-13-9/h2-6,11,14H,1H3. The van der Waals surface area contributed by atoms with Crippen LogP contribution in [0.25, 0.3) is 0 Å². The van der Waals surface area contributed by atoms with Crippen LogP contribution in [0.2, 0.25) is 5.02 Å². The van der Waals surface area contributed by atoms with Crippen LogP contribution >= 0.6 is 22.9 Å². The van der Waals surface area contributed by atoms with Gasteiger partial charge in [0, 0.05) is 5.38 Å². The van der Waals surface area contributed by atoms with Crippen molar-refractivity contribution < 1.29 is 9.84 Å². The summed E-state index contributed by atoms with van der Waals surface area (Å²) in [5.41, 5.74) is 3.03. The highest BCUT2D eigenvalue weighted by molar-refractivity contribution is 7.07. The second kappa shape index (κ2) is 4.82. The highest BCUT2D eigenvalue weighted by atomic mass is 35.5. The van der Waals surface area contributed by atoms with Gasteiger partial charge in [-0.25, -0.2) is 4.98 Å². The van der Waals surface area contributed by atoms with Crippen molar-refractivity contribution in [1.82, 2.24) is 4.98 Å². The molecular weight excluding hydrogens is 246 g/mol. The maximum absolute atomic E-state index is 10.0. The number of nitrogens with zero attached hydrogens (tertiary/aromatic N) is 1. The molecule has 0 radical (unpaired) electrons. The summed E-state index contributed by atoms with van der Waals surface area (Å²) in [6.07, 6.45) is -0.739. The Morgan fingerprint density at radius 1 is 1.50 bits per heavy atom. The second-order valence-corrected chi connectivity index (χ2v) is 4.34. The van der Waals surface area contributed by atoms with E-state index in [0.717, 1.165) is 0 Å². The molecule has 84 valence electrons. The van der Waals surface area contributed by atoms with E-state index in [1.54, 1.807) is 30.8 Å². The quantitative estimate of drug-likeness (QED) is 0.917. The van der Waals surface area contributed by atoms with E-state index in [4.69, 9.17) is 16.3 Å². The van der Waals surface area contributed by atoms with Crippen molar-refractivity contribution in [3.63, 3.8) is 0 Å². The number of benzene rings is 1. The zero-order chi connectivity index (χ0) is 11.5. The third kappa shape index (κ3) is 2.19. The first-order valence-corrected chi connectivity index (χ1v) is 5.94. The third-order valence-electron chi connectivity index (χ3n) is 2.22. The van der Waals surface area contributed by atoms with Crippen molar-refractivity contribution in [3.8, 4) is 5.75 Å². The molecule has 0 aliphatic carbocycles. The van der Waals surface area contributed by atoms with E-state index < -0.39 is 6.10 Å². The molecule has 0 amide bonds. The van der Waals surface area contributed by atoms with E-state index in [-0.39, 0.29) is 0 Å². The Balaban J connectivity index is 2.34. The summed E-state index contributed by atoms with van der Waals surface area (Å²) < 4.78 is 5.09. The molecule has 1 atom stereocenters. The Morgan fingerprint density at radius 3 is 2.94 bits per heavy atom. The number of aliphatic hydroxyl groups is 1. The lowest BCUT2D eigenvalue weighted by Gasteiger charge is -2.10. The molecule has 0 saturated carbocycles. The molecule has 5 heteroatoms. The lowest BCUT2D eigenvalue weighted by Crippen LogP contribution is -2.00. The first-order valence-electron chi connectivity index (χ1n) is 4.62. The first-order chi connectivity index (χ1) is 7.72. The van der Waals surface area contributed by atoms with Crippen LogP contribution in [0.3, 0.4) is 0 Å². The Morgan fingerprint density at radius 2 is 2.31 bits per heavy atom. The monoisotopic (exact) mass is 255 g/mol. The molecule has 1 aromatic carbocycles. The van der Waals surface area contributed by atoms with Crippen molar-refractivity contribution in [2.24, 2.45) is 0 Å². The molecule has 2 rings (SSSR count). The maximum atomic E-state index is 10.0. The fraction of sp³-hybridized carbons (Fsp3) is 0.182. The van der Waals surface area contributed by atoms with Gasteiger partial charge in [-0.15, -0.1) is 11.3 Å². The van der Waals surface area contributed by atoms with Gasteiger partial charge in [-0.1, -0.05) is 17.7 Å². The largest absolute Gasteiger partial charge is 0.495 e. The minimum Gasteiger partial charge on any atom is -0.495 e. The van der Waals surface area contributed by atoms with Gasteiger partial charge in [-0.2, -0.15) is 0 Å². The van der Waals surface area contributed by atoms with Crippen molar-refractivity contribution in [3.05, 3.63) is 45.4 Å².